The van der Waals surface area contributed by atoms with Crippen LogP contribution in [0.5, 0.6) is 0 Å². The number of nitrogens with one attached hydrogen (secondary N) is 1. The highest BCUT2D eigenvalue weighted by molar-refractivity contribution is 5.40. The van der Waals surface area contributed by atoms with Crippen LogP contribution in [0.1, 0.15) is 6.92 Å². The highest BCUT2D eigenvalue weighted by atomic mass is 16.5. The molecule has 3 nitrogen and oxygen atoms in total. The largest absolute Gasteiger partial charge is 0.503 e. The molecule has 1 aliphatic heterocycles. The molecule has 0 amide bonds. The molecule has 60 valence electrons. The van der Waals surface area contributed by atoms with Gasteiger partial charge in [0.05, 0.1) is 7.11 Å². The monoisotopic (exact) mass is 153 g/mol. The highest BCUT2D eigenvalue weighted by Crippen LogP contribution is 2.20. The maximum absolute atomic E-state index is 9.23. The number of aliphatic hydroxyl groups excluding tert-OH is 1. The third-order valence-electron chi connectivity index (χ3n) is 1.61. The third-order valence-corrected chi connectivity index (χ3v) is 1.61. The molecule has 11 heavy (non-hydrogen) atoms. The lowest BCUT2D eigenvalue weighted by Gasteiger charge is -2.17. The predicted octanol–water partition coefficient (Wildman–Crippen LogP) is 1.42. The molecule has 0 atom stereocenters. The molecule has 0 fully saturated rings. The lowest BCUT2D eigenvalue weighted by Crippen LogP contribution is -2.15. The maximum atomic E-state index is 9.23. The molecule has 1 rings (SSSR count). The zero-order valence-electron chi connectivity index (χ0n) is 6.64. The van der Waals surface area contributed by atoms with Crippen LogP contribution in [0.3, 0.4) is 0 Å². The van der Waals surface area contributed by atoms with E-state index in [1.807, 2.05) is 6.92 Å². The Morgan fingerprint density at radius 2 is 2.27 bits per heavy atom. The molecule has 0 aromatic rings. The number of allylic oxidation sites excluding steroid dienone is 1. The summed E-state index contributed by atoms with van der Waals surface area (Å²) in [5.41, 5.74) is 1.58. The number of methoxy groups -OCH3 is 1. The van der Waals surface area contributed by atoms with Gasteiger partial charge in [-0.25, -0.2) is 0 Å². The van der Waals surface area contributed by atoms with Crippen molar-refractivity contribution in [1.29, 1.82) is 0 Å². The lowest BCUT2D eigenvalue weighted by molar-refractivity contribution is 0.249. The van der Waals surface area contributed by atoms with E-state index >= 15 is 0 Å². The van der Waals surface area contributed by atoms with Crippen LogP contribution in [0.15, 0.2) is 35.6 Å². The van der Waals surface area contributed by atoms with Crippen LogP contribution in [0, 0.1) is 0 Å². The van der Waals surface area contributed by atoms with Crippen molar-refractivity contribution in [1.82, 2.24) is 5.32 Å². The number of hydrogen-bond acceptors (Lipinski definition) is 3. The fourth-order valence-corrected chi connectivity index (χ4v) is 0.916. The van der Waals surface area contributed by atoms with Gasteiger partial charge in [-0.1, -0.05) is 6.58 Å². The van der Waals surface area contributed by atoms with Crippen LogP contribution >= 0.6 is 0 Å². The Bertz CT molecular complexity index is 251. The smallest absolute Gasteiger partial charge is 0.174 e. The Morgan fingerprint density at radius 1 is 1.64 bits per heavy atom. The van der Waals surface area contributed by atoms with E-state index in [4.69, 9.17) is 4.74 Å². The second-order valence-electron chi connectivity index (χ2n) is 2.31. The van der Waals surface area contributed by atoms with Gasteiger partial charge in [-0.3, -0.25) is 0 Å². The van der Waals surface area contributed by atoms with Gasteiger partial charge < -0.3 is 15.2 Å². The van der Waals surface area contributed by atoms with Crippen molar-refractivity contribution in [3.8, 4) is 0 Å². The van der Waals surface area contributed by atoms with Crippen molar-refractivity contribution in [3.63, 3.8) is 0 Å². The Labute approximate surface area is 65.7 Å². The third kappa shape index (κ3) is 1.22. The van der Waals surface area contributed by atoms with E-state index in [0.29, 0.717) is 5.76 Å². The van der Waals surface area contributed by atoms with Crippen molar-refractivity contribution < 1.29 is 9.84 Å². The molecule has 2 N–H and O–H groups in total. The van der Waals surface area contributed by atoms with Crippen molar-refractivity contribution >= 4 is 0 Å². The summed E-state index contributed by atoms with van der Waals surface area (Å²) in [6.45, 7) is 5.55. The summed E-state index contributed by atoms with van der Waals surface area (Å²) in [7, 11) is 1.52. The Balaban J connectivity index is 3.05. The fraction of sp³-hybridized carbons (Fsp3) is 0.250. The molecule has 0 saturated carbocycles. The average molecular weight is 153 g/mol. The van der Waals surface area contributed by atoms with Crippen LogP contribution in [0.2, 0.25) is 0 Å². The first kappa shape index (κ1) is 7.72. The lowest BCUT2D eigenvalue weighted by atomic mass is 10.1. The van der Waals surface area contributed by atoms with Gasteiger partial charge in [0.15, 0.2) is 11.5 Å². The molecule has 0 bridgehead atoms. The quantitative estimate of drug-likeness (QED) is 0.598. The van der Waals surface area contributed by atoms with Gasteiger partial charge in [-0.15, -0.1) is 0 Å². The van der Waals surface area contributed by atoms with E-state index in [1.165, 1.54) is 13.3 Å². The van der Waals surface area contributed by atoms with Gasteiger partial charge in [0, 0.05) is 17.5 Å². The fourth-order valence-electron chi connectivity index (χ4n) is 0.916. The van der Waals surface area contributed by atoms with Crippen LogP contribution in [-0.2, 0) is 4.74 Å². The summed E-state index contributed by atoms with van der Waals surface area (Å²) in [6, 6.07) is 0. The second-order valence-corrected chi connectivity index (χ2v) is 2.31. The number of hydrogen-bond donors (Lipinski definition) is 2. The first-order chi connectivity index (χ1) is 5.16. The van der Waals surface area contributed by atoms with E-state index in [-0.39, 0.29) is 5.76 Å². The van der Waals surface area contributed by atoms with Gasteiger partial charge in [0.1, 0.15) is 0 Å². The molecule has 0 spiro atoms. The van der Waals surface area contributed by atoms with E-state index < -0.39 is 0 Å². The predicted molar refractivity (Wildman–Crippen MR) is 42.7 cm³/mol. The van der Waals surface area contributed by atoms with Gasteiger partial charge >= 0.3 is 0 Å². The molecule has 3 heteroatoms. The van der Waals surface area contributed by atoms with Gasteiger partial charge in [0.25, 0.3) is 0 Å². The highest BCUT2D eigenvalue weighted by Gasteiger charge is 2.14. The molecule has 1 aliphatic rings. The van der Waals surface area contributed by atoms with E-state index in [0.717, 1.165) is 11.3 Å². The van der Waals surface area contributed by atoms with E-state index in [1.54, 1.807) is 0 Å². The zero-order valence-corrected chi connectivity index (χ0v) is 6.64. The number of dihydropyridines is 1. The molecular weight excluding hydrogens is 142 g/mol. The minimum atomic E-state index is 0.109. The van der Waals surface area contributed by atoms with Gasteiger partial charge in [-0.2, -0.15) is 0 Å². The summed E-state index contributed by atoms with van der Waals surface area (Å²) >= 11 is 0. The maximum Gasteiger partial charge on any atom is 0.174 e. The van der Waals surface area contributed by atoms with Crippen molar-refractivity contribution in [2.24, 2.45) is 0 Å². The summed E-state index contributed by atoms with van der Waals surface area (Å²) < 4.78 is 4.95. The number of rotatable bonds is 1. The average Bonchev–Trinajstić information content (AvgIpc) is 1.99. The van der Waals surface area contributed by atoms with Gasteiger partial charge in [-0.05, 0) is 6.92 Å². The minimum absolute atomic E-state index is 0.109. The minimum Gasteiger partial charge on any atom is -0.503 e. The first-order valence-corrected chi connectivity index (χ1v) is 3.27. The topological polar surface area (TPSA) is 41.5 Å². The van der Waals surface area contributed by atoms with Crippen LogP contribution < -0.4 is 5.32 Å². The van der Waals surface area contributed by atoms with Crippen LogP contribution in [0.4, 0.5) is 0 Å². The summed E-state index contributed by atoms with van der Waals surface area (Å²) in [5, 5.41) is 12.0. The molecule has 1 heterocycles. The van der Waals surface area contributed by atoms with Gasteiger partial charge in [0.2, 0.25) is 0 Å². The molecule has 0 aliphatic carbocycles. The molecule has 0 aromatic heterocycles. The molecule has 0 saturated heterocycles. The number of ether oxygens (including phenoxy) is 1. The van der Waals surface area contributed by atoms with Crippen molar-refractivity contribution in [2.45, 2.75) is 6.92 Å². The molecule has 0 aromatic carbocycles. The normalized spacial score (nSPS) is 17.6. The summed E-state index contributed by atoms with van der Waals surface area (Å²) in [4.78, 5) is 0. The van der Waals surface area contributed by atoms with E-state index in [2.05, 4.69) is 11.9 Å². The first-order valence-electron chi connectivity index (χ1n) is 3.27. The van der Waals surface area contributed by atoms with E-state index in [9.17, 15) is 5.11 Å². The standard InChI is InChI=1S/C8H11NO2/c1-5-6(2)9-4-7(10)8(5)11-3/h4,9-10H,2H2,1,3H3. The van der Waals surface area contributed by atoms with Crippen molar-refractivity contribution in [2.75, 3.05) is 7.11 Å². The van der Waals surface area contributed by atoms with Crippen LogP contribution in [0.25, 0.3) is 0 Å². The summed E-state index contributed by atoms with van der Waals surface area (Å²) in [5.74, 6) is 0.589. The zero-order chi connectivity index (χ0) is 8.43. The van der Waals surface area contributed by atoms with Crippen molar-refractivity contribution in [3.05, 3.63) is 35.6 Å². The summed E-state index contributed by atoms with van der Waals surface area (Å²) in [6.07, 6.45) is 1.45. The Kier molecular flexibility index (Phi) is 1.89. The number of aliphatic hydroxyl groups is 1. The molecule has 0 radical (unpaired) electrons. The Hall–Kier alpha value is -1.38. The molecule has 0 unspecified atom stereocenters. The van der Waals surface area contributed by atoms with Crippen LogP contribution in [-0.4, -0.2) is 12.2 Å². The SMILES string of the molecule is C=C1NC=C(O)C(OC)=C1C. The second kappa shape index (κ2) is 2.70. The molecular formula is C8H11NO2. The Morgan fingerprint density at radius 3 is 2.73 bits per heavy atom.